The average molecular weight is 314 g/mol. The minimum absolute atomic E-state index is 0.0515. The van der Waals surface area contributed by atoms with Crippen molar-refractivity contribution in [3.05, 3.63) is 77.9 Å². The fourth-order valence-corrected chi connectivity index (χ4v) is 2.04. The molecule has 3 aromatic rings. The molecular weight excluding hydrogens is 302 g/mol. The third-order valence-electron chi connectivity index (χ3n) is 3.20. The molecule has 0 aliphatic carbocycles. The number of amides is 1. The lowest BCUT2D eigenvalue weighted by atomic mass is 10.1. The van der Waals surface area contributed by atoms with E-state index in [0.29, 0.717) is 12.2 Å². The van der Waals surface area contributed by atoms with Crippen LogP contribution in [0, 0.1) is 11.6 Å². The van der Waals surface area contributed by atoms with E-state index in [9.17, 15) is 13.6 Å². The van der Waals surface area contributed by atoms with Gasteiger partial charge in [0.2, 0.25) is 0 Å². The van der Waals surface area contributed by atoms with E-state index in [2.05, 4.69) is 15.4 Å². The van der Waals surface area contributed by atoms with E-state index >= 15 is 0 Å². The van der Waals surface area contributed by atoms with Gasteiger partial charge in [-0.25, -0.2) is 18.4 Å². The molecule has 0 bridgehead atoms. The molecule has 0 spiro atoms. The van der Waals surface area contributed by atoms with Crippen molar-refractivity contribution in [2.75, 3.05) is 5.32 Å². The molecule has 5 nitrogen and oxygen atoms in total. The maximum atomic E-state index is 13.1. The Hall–Kier alpha value is -3.09. The molecule has 1 amide bonds. The van der Waals surface area contributed by atoms with Gasteiger partial charge in [-0.3, -0.25) is 4.79 Å². The first-order chi connectivity index (χ1) is 11.1. The zero-order valence-corrected chi connectivity index (χ0v) is 11.9. The molecule has 7 heteroatoms. The summed E-state index contributed by atoms with van der Waals surface area (Å²) in [5.41, 5.74) is 1.60. The predicted molar refractivity (Wildman–Crippen MR) is 79.9 cm³/mol. The van der Waals surface area contributed by atoms with Crippen LogP contribution >= 0.6 is 0 Å². The Kier molecular flexibility index (Phi) is 4.09. The van der Waals surface area contributed by atoms with Crippen molar-refractivity contribution >= 4 is 11.6 Å². The highest BCUT2D eigenvalue weighted by Crippen LogP contribution is 2.14. The summed E-state index contributed by atoms with van der Waals surface area (Å²) in [6.45, 7) is 0.567. The summed E-state index contributed by atoms with van der Waals surface area (Å²) in [6, 6.07) is 10.1. The molecule has 0 fully saturated rings. The number of halogens is 2. The van der Waals surface area contributed by atoms with E-state index < -0.39 is 17.5 Å². The number of carbonyl (C=O) groups excluding carboxylic acids is 1. The fraction of sp³-hybridized carbons (Fsp3) is 0.0625. The Balaban J connectivity index is 1.67. The predicted octanol–water partition coefficient (Wildman–Crippen LogP) is 2.86. The molecule has 1 heterocycles. The molecule has 1 aromatic heterocycles. The van der Waals surface area contributed by atoms with Crippen molar-refractivity contribution in [3.8, 4) is 0 Å². The lowest BCUT2D eigenvalue weighted by molar-refractivity contribution is 0.102. The van der Waals surface area contributed by atoms with Crippen LogP contribution in [0.4, 0.5) is 14.5 Å². The second-order valence-electron chi connectivity index (χ2n) is 4.87. The normalized spacial score (nSPS) is 10.5. The van der Waals surface area contributed by atoms with Crippen LogP contribution in [0.25, 0.3) is 0 Å². The molecule has 0 aliphatic rings. The fourth-order valence-electron chi connectivity index (χ4n) is 2.04. The Bertz CT molecular complexity index is 817. The molecule has 0 atom stereocenters. The van der Waals surface area contributed by atoms with Gasteiger partial charge in [0.1, 0.15) is 12.7 Å². The van der Waals surface area contributed by atoms with E-state index in [0.717, 1.165) is 17.7 Å². The molecule has 0 aliphatic heterocycles. The minimum atomic E-state index is -1.05. The highest BCUT2D eigenvalue weighted by atomic mass is 19.2. The Labute approximate surface area is 130 Å². The zero-order valence-electron chi connectivity index (χ0n) is 11.9. The van der Waals surface area contributed by atoms with E-state index in [4.69, 9.17) is 0 Å². The van der Waals surface area contributed by atoms with E-state index in [1.165, 1.54) is 12.4 Å². The molecule has 0 unspecified atom stereocenters. The van der Waals surface area contributed by atoms with Gasteiger partial charge in [-0.15, -0.1) is 0 Å². The summed E-state index contributed by atoms with van der Waals surface area (Å²) in [5, 5.41) is 6.64. The Morgan fingerprint density at radius 1 is 1.09 bits per heavy atom. The number of nitrogens with zero attached hydrogens (tertiary/aromatic N) is 3. The van der Waals surface area contributed by atoms with Crippen LogP contribution in [0.1, 0.15) is 15.9 Å². The van der Waals surface area contributed by atoms with Crippen molar-refractivity contribution in [1.82, 2.24) is 14.8 Å². The molecule has 0 radical (unpaired) electrons. The van der Waals surface area contributed by atoms with Gasteiger partial charge in [0, 0.05) is 11.3 Å². The summed E-state index contributed by atoms with van der Waals surface area (Å²) >= 11 is 0. The van der Waals surface area contributed by atoms with Crippen molar-refractivity contribution in [3.63, 3.8) is 0 Å². The zero-order chi connectivity index (χ0) is 16.2. The molecule has 0 saturated carbocycles. The Morgan fingerprint density at radius 2 is 1.87 bits per heavy atom. The number of aromatic nitrogens is 3. The molecule has 23 heavy (non-hydrogen) atoms. The standard InChI is InChI=1S/C16H12F2N4O/c17-14-6-3-12(7-15(14)18)16(23)21-13-4-1-11(2-5-13)8-22-10-19-9-20-22/h1-7,9-10H,8H2,(H,21,23). The number of hydrogen-bond donors (Lipinski definition) is 1. The minimum Gasteiger partial charge on any atom is -0.322 e. The van der Waals surface area contributed by atoms with E-state index in [-0.39, 0.29) is 5.56 Å². The number of carbonyl (C=O) groups is 1. The van der Waals surface area contributed by atoms with Crippen LogP contribution in [0.5, 0.6) is 0 Å². The van der Waals surface area contributed by atoms with Gasteiger partial charge in [0.15, 0.2) is 11.6 Å². The van der Waals surface area contributed by atoms with Crippen LogP contribution in [-0.4, -0.2) is 20.7 Å². The third-order valence-corrected chi connectivity index (χ3v) is 3.20. The number of anilines is 1. The van der Waals surface area contributed by atoms with Gasteiger partial charge < -0.3 is 5.32 Å². The van der Waals surface area contributed by atoms with Gasteiger partial charge in [-0.05, 0) is 35.9 Å². The SMILES string of the molecule is O=C(Nc1ccc(Cn2cncn2)cc1)c1ccc(F)c(F)c1. The topological polar surface area (TPSA) is 59.8 Å². The van der Waals surface area contributed by atoms with E-state index in [1.807, 2.05) is 12.1 Å². The van der Waals surface area contributed by atoms with Gasteiger partial charge in [-0.1, -0.05) is 12.1 Å². The first kappa shape index (κ1) is 14.8. The maximum Gasteiger partial charge on any atom is 0.255 e. The largest absolute Gasteiger partial charge is 0.322 e. The molecule has 1 N–H and O–H groups in total. The highest BCUT2D eigenvalue weighted by molar-refractivity contribution is 6.04. The summed E-state index contributed by atoms with van der Waals surface area (Å²) in [6.07, 6.45) is 3.06. The van der Waals surface area contributed by atoms with Gasteiger partial charge in [0.25, 0.3) is 5.91 Å². The highest BCUT2D eigenvalue weighted by Gasteiger charge is 2.10. The molecule has 3 rings (SSSR count). The van der Waals surface area contributed by atoms with Crippen molar-refractivity contribution in [1.29, 1.82) is 0 Å². The summed E-state index contributed by atoms with van der Waals surface area (Å²) in [4.78, 5) is 15.9. The summed E-state index contributed by atoms with van der Waals surface area (Å²) < 4.78 is 27.7. The number of hydrogen-bond acceptors (Lipinski definition) is 3. The average Bonchev–Trinajstić information content (AvgIpc) is 3.05. The van der Waals surface area contributed by atoms with Gasteiger partial charge >= 0.3 is 0 Å². The first-order valence-electron chi connectivity index (χ1n) is 6.79. The third kappa shape index (κ3) is 3.57. The van der Waals surface area contributed by atoms with Crippen LogP contribution in [-0.2, 0) is 6.54 Å². The van der Waals surface area contributed by atoms with Crippen LogP contribution in [0.15, 0.2) is 55.1 Å². The summed E-state index contributed by atoms with van der Waals surface area (Å²) in [7, 11) is 0. The lowest BCUT2D eigenvalue weighted by Gasteiger charge is -2.07. The first-order valence-corrected chi connectivity index (χ1v) is 6.79. The van der Waals surface area contributed by atoms with E-state index in [1.54, 1.807) is 23.1 Å². The monoisotopic (exact) mass is 314 g/mol. The van der Waals surface area contributed by atoms with Crippen LogP contribution < -0.4 is 5.32 Å². The van der Waals surface area contributed by atoms with Gasteiger partial charge in [-0.2, -0.15) is 5.10 Å². The number of rotatable bonds is 4. The maximum absolute atomic E-state index is 13.1. The molecular formula is C16H12F2N4O. The molecule has 0 saturated heterocycles. The summed E-state index contributed by atoms with van der Waals surface area (Å²) in [5.74, 6) is -2.55. The second kappa shape index (κ2) is 6.35. The van der Waals surface area contributed by atoms with Crippen molar-refractivity contribution < 1.29 is 13.6 Å². The second-order valence-corrected chi connectivity index (χ2v) is 4.87. The molecule has 2 aromatic carbocycles. The van der Waals surface area contributed by atoms with Gasteiger partial charge in [0.05, 0.1) is 6.54 Å². The van der Waals surface area contributed by atoms with Crippen molar-refractivity contribution in [2.45, 2.75) is 6.54 Å². The van der Waals surface area contributed by atoms with Crippen LogP contribution in [0.3, 0.4) is 0 Å². The van der Waals surface area contributed by atoms with Crippen molar-refractivity contribution in [2.24, 2.45) is 0 Å². The number of nitrogens with one attached hydrogen (secondary N) is 1. The Morgan fingerprint density at radius 3 is 2.52 bits per heavy atom. The smallest absolute Gasteiger partial charge is 0.255 e. The quantitative estimate of drug-likeness (QED) is 0.805. The van der Waals surface area contributed by atoms with Crippen LogP contribution in [0.2, 0.25) is 0 Å². The lowest BCUT2D eigenvalue weighted by Crippen LogP contribution is -2.12. The molecule has 116 valence electrons. The number of benzene rings is 2.